The Balaban J connectivity index is 3.00. The molecule has 0 amide bonds. The maximum atomic E-state index is 11.8. The molecule has 0 N–H and O–H groups in total. The molecule has 0 aliphatic heterocycles. The normalized spacial score (nSPS) is 10.0. The first kappa shape index (κ1) is 8.33. The molecule has 0 aliphatic rings. The van der Waals surface area contributed by atoms with Crippen molar-refractivity contribution in [3.63, 3.8) is 0 Å². The molecular formula is C7H8FNOS. The van der Waals surface area contributed by atoms with E-state index in [0.717, 1.165) is 0 Å². The molecule has 60 valence electrons. The van der Waals surface area contributed by atoms with Gasteiger partial charge in [0.2, 0.25) is 0 Å². The van der Waals surface area contributed by atoms with Gasteiger partial charge >= 0.3 is 0 Å². The fourth-order valence-electron chi connectivity index (χ4n) is 0.773. The number of rotatable bonds is 2. The highest BCUT2D eigenvalue weighted by molar-refractivity contribution is 7.80. The maximum Gasteiger partial charge on any atom is 0.251 e. The van der Waals surface area contributed by atoms with Crippen LogP contribution in [0.3, 0.4) is 0 Å². The van der Waals surface area contributed by atoms with Crippen molar-refractivity contribution >= 4 is 12.6 Å². The number of alkyl halides is 1. The van der Waals surface area contributed by atoms with E-state index in [1.54, 1.807) is 6.07 Å². The molecule has 11 heavy (non-hydrogen) atoms. The second-order valence-corrected chi connectivity index (χ2v) is 2.62. The number of thiol groups is 1. The third-order valence-corrected chi connectivity index (χ3v) is 1.58. The van der Waals surface area contributed by atoms with Crippen LogP contribution in [0.25, 0.3) is 0 Å². The molecule has 0 fully saturated rings. The fraction of sp³-hybridized carbons (Fsp3) is 0.286. The minimum Gasteiger partial charge on any atom is -0.313 e. The number of nitrogens with zero attached hydrogens (tertiary/aromatic N) is 1. The highest BCUT2D eigenvalue weighted by atomic mass is 32.1. The van der Waals surface area contributed by atoms with Crippen LogP contribution in [0.5, 0.6) is 0 Å². The molecule has 2 nitrogen and oxygen atoms in total. The van der Waals surface area contributed by atoms with E-state index in [9.17, 15) is 9.18 Å². The number of hydrogen-bond donors (Lipinski definition) is 1. The fourth-order valence-corrected chi connectivity index (χ4v) is 0.950. The predicted octanol–water partition coefficient (Wildman–Crippen LogP) is 1.11. The van der Waals surface area contributed by atoms with Crippen LogP contribution in [-0.2, 0) is 6.54 Å². The minimum absolute atomic E-state index is 0.118. The summed E-state index contributed by atoms with van der Waals surface area (Å²) in [6.07, 6.45) is 1.53. The van der Waals surface area contributed by atoms with Gasteiger partial charge in [0.15, 0.2) is 0 Å². The molecule has 0 aromatic carbocycles. The van der Waals surface area contributed by atoms with Gasteiger partial charge in [-0.25, -0.2) is 4.39 Å². The smallest absolute Gasteiger partial charge is 0.251 e. The van der Waals surface area contributed by atoms with Crippen LogP contribution in [0, 0.1) is 0 Å². The quantitative estimate of drug-likeness (QED) is 0.665. The molecule has 0 saturated carbocycles. The lowest BCUT2D eigenvalue weighted by atomic mass is 10.4. The Morgan fingerprint density at radius 3 is 2.91 bits per heavy atom. The Labute approximate surface area is 69.1 Å². The standard InChI is InChI=1S/C7H8FNOS/c8-2-4-9-3-1-6(11)5-7(9)10/h1,3,5,11H,2,4H2. The van der Waals surface area contributed by atoms with Crippen molar-refractivity contribution in [1.29, 1.82) is 0 Å². The average molecular weight is 173 g/mol. The molecule has 0 unspecified atom stereocenters. The predicted molar refractivity (Wildman–Crippen MR) is 43.9 cm³/mol. The van der Waals surface area contributed by atoms with Crippen molar-refractivity contribution in [3.8, 4) is 0 Å². The van der Waals surface area contributed by atoms with Gasteiger partial charge in [-0.2, -0.15) is 0 Å². The van der Waals surface area contributed by atoms with E-state index in [2.05, 4.69) is 12.6 Å². The van der Waals surface area contributed by atoms with Gasteiger partial charge in [0.05, 0.1) is 6.54 Å². The van der Waals surface area contributed by atoms with Crippen molar-refractivity contribution in [1.82, 2.24) is 4.57 Å². The summed E-state index contributed by atoms with van der Waals surface area (Å²) < 4.78 is 13.1. The van der Waals surface area contributed by atoms with Gasteiger partial charge in [0.25, 0.3) is 5.56 Å². The van der Waals surface area contributed by atoms with Crippen LogP contribution in [0.2, 0.25) is 0 Å². The van der Waals surface area contributed by atoms with Gasteiger partial charge in [0, 0.05) is 17.2 Å². The third kappa shape index (κ3) is 2.08. The molecule has 1 heterocycles. The maximum absolute atomic E-state index is 11.8. The first-order valence-corrected chi connectivity index (χ1v) is 3.64. The van der Waals surface area contributed by atoms with Crippen LogP contribution in [0.15, 0.2) is 28.0 Å². The van der Waals surface area contributed by atoms with Gasteiger partial charge in [-0.05, 0) is 6.07 Å². The molecule has 4 heteroatoms. The molecule has 1 rings (SSSR count). The minimum atomic E-state index is -0.522. The van der Waals surface area contributed by atoms with Crippen molar-refractivity contribution in [2.75, 3.05) is 6.67 Å². The van der Waals surface area contributed by atoms with E-state index >= 15 is 0 Å². The van der Waals surface area contributed by atoms with E-state index in [1.165, 1.54) is 16.8 Å². The van der Waals surface area contributed by atoms with E-state index in [0.29, 0.717) is 4.90 Å². The number of hydrogen-bond acceptors (Lipinski definition) is 2. The SMILES string of the molecule is O=c1cc(S)ccn1CCF. The second kappa shape index (κ2) is 3.57. The third-order valence-electron chi connectivity index (χ3n) is 1.31. The summed E-state index contributed by atoms with van der Waals surface area (Å²) in [7, 11) is 0. The summed E-state index contributed by atoms with van der Waals surface area (Å²) in [4.78, 5) is 11.6. The van der Waals surface area contributed by atoms with E-state index in [-0.39, 0.29) is 12.1 Å². The van der Waals surface area contributed by atoms with Crippen molar-refractivity contribution in [2.45, 2.75) is 11.4 Å². The molecule has 0 saturated heterocycles. The van der Waals surface area contributed by atoms with E-state index in [4.69, 9.17) is 0 Å². The molecule has 1 aromatic rings. The Morgan fingerprint density at radius 2 is 2.36 bits per heavy atom. The zero-order chi connectivity index (χ0) is 8.27. The van der Waals surface area contributed by atoms with Gasteiger partial charge < -0.3 is 4.57 Å². The van der Waals surface area contributed by atoms with Crippen LogP contribution in [0.4, 0.5) is 4.39 Å². The molecular weight excluding hydrogens is 165 g/mol. The zero-order valence-electron chi connectivity index (χ0n) is 5.83. The first-order valence-electron chi connectivity index (χ1n) is 3.19. The van der Waals surface area contributed by atoms with Crippen LogP contribution >= 0.6 is 12.6 Å². The highest BCUT2D eigenvalue weighted by Crippen LogP contribution is 1.98. The summed E-state index contributed by atoms with van der Waals surface area (Å²) in [5.41, 5.74) is -0.213. The van der Waals surface area contributed by atoms with Gasteiger partial charge in [-0.15, -0.1) is 12.6 Å². The van der Waals surface area contributed by atoms with E-state index in [1.807, 2.05) is 0 Å². The molecule has 0 bridgehead atoms. The Bertz CT molecular complexity index is 297. The van der Waals surface area contributed by atoms with Crippen LogP contribution in [-0.4, -0.2) is 11.2 Å². The first-order chi connectivity index (χ1) is 5.24. The van der Waals surface area contributed by atoms with Crippen LogP contribution in [0.1, 0.15) is 0 Å². The number of aromatic nitrogens is 1. The lowest BCUT2D eigenvalue weighted by Gasteiger charge is -2.00. The monoisotopic (exact) mass is 173 g/mol. The topological polar surface area (TPSA) is 22.0 Å². The summed E-state index contributed by atoms with van der Waals surface area (Å²) in [5.74, 6) is 0. The molecule has 0 aliphatic carbocycles. The van der Waals surface area contributed by atoms with Gasteiger partial charge in [-0.3, -0.25) is 4.79 Å². The Kier molecular flexibility index (Phi) is 2.70. The van der Waals surface area contributed by atoms with Crippen LogP contribution < -0.4 is 5.56 Å². The lowest BCUT2D eigenvalue weighted by molar-refractivity contribution is 0.440. The van der Waals surface area contributed by atoms with Crippen molar-refractivity contribution < 1.29 is 4.39 Å². The average Bonchev–Trinajstić information content (AvgIpc) is 1.95. The summed E-state index contributed by atoms with van der Waals surface area (Å²) in [5, 5.41) is 0. The number of pyridine rings is 1. The molecule has 0 radical (unpaired) electrons. The summed E-state index contributed by atoms with van der Waals surface area (Å²) >= 11 is 3.96. The Hall–Kier alpha value is -0.770. The second-order valence-electron chi connectivity index (χ2n) is 2.11. The van der Waals surface area contributed by atoms with Crippen molar-refractivity contribution in [3.05, 3.63) is 28.7 Å². The van der Waals surface area contributed by atoms with Crippen molar-refractivity contribution in [2.24, 2.45) is 0 Å². The zero-order valence-corrected chi connectivity index (χ0v) is 6.72. The molecule has 0 spiro atoms. The Morgan fingerprint density at radius 1 is 1.64 bits per heavy atom. The van der Waals surface area contributed by atoms with Gasteiger partial charge in [-0.1, -0.05) is 0 Å². The largest absolute Gasteiger partial charge is 0.313 e. The summed E-state index contributed by atoms with van der Waals surface area (Å²) in [6.45, 7) is -0.404. The van der Waals surface area contributed by atoms with E-state index < -0.39 is 6.67 Å². The molecule has 0 atom stereocenters. The highest BCUT2D eigenvalue weighted by Gasteiger charge is 1.93. The lowest BCUT2D eigenvalue weighted by Crippen LogP contribution is -2.18. The molecule has 1 aromatic heterocycles. The number of halogens is 1. The van der Waals surface area contributed by atoms with Gasteiger partial charge in [0.1, 0.15) is 6.67 Å². The summed E-state index contributed by atoms with van der Waals surface area (Å²) in [6, 6.07) is 3.01. The number of aryl methyl sites for hydroxylation is 1.